The fourth-order valence-corrected chi connectivity index (χ4v) is 5.08. The van der Waals surface area contributed by atoms with E-state index in [0.717, 1.165) is 66.0 Å². The van der Waals surface area contributed by atoms with Crippen molar-refractivity contribution in [2.45, 2.75) is 65.0 Å². The molecule has 2 aromatic carbocycles. The number of nitrogens with zero attached hydrogens (tertiary/aromatic N) is 3. The summed E-state index contributed by atoms with van der Waals surface area (Å²) in [5.41, 5.74) is 8.30. The molecule has 1 aliphatic rings. The normalized spacial score (nSPS) is 17.6. The van der Waals surface area contributed by atoms with E-state index in [0.29, 0.717) is 0 Å². The lowest BCUT2D eigenvalue weighted by atomic mass is 9.87. The third-order valence-electron chi connectivity index (χ3n) is 6.92. The van der Waals surface area contributed by atoms with Crippen LogP contribution in [0.5, 0.6) is 0 Å². The molecule has 2 atom stereocenters. The van der Waals surface area contributed by atoms with Gasteiger partial charge >= 0.3 is 0 Å². The molecule has 3 nitrogen and oxygen atoms in total. The van der Waals surface area contributed by atoms with Gasteiger partial charge in [0.15, 0.2) is 0 Å². The average Bonchev–Trinajstić information content (AvgIpc) is 2.96. The van der Waals surface area contributed by atoms with E-state index in [1.54, 1.807) is 0 Å². The highest BCUT2D eigenvalue weighted by Gasteiger charge is 2.22. The summed E-state index contributed by atoms with van der Waals surface area (Å²) in [6, 6.07) is 27.3. The van der Waals surface area contributed by atoms with Crippen molar-refractivity contribution < 1.29 is 0 Å². The molecule has 0 N–H and O–H groups in total. The van der Waals surface area contributed by atoms with Crippen LogP contribution >= 0.6 is 0 Å². The molecular weight excluding hydrogens is 462 g/mol. The number of benzene rings is 2. The van der Waals surface area contributed by atoms with E-state index >= 15 is 0 Å². The third-order valence-corrected chi connectivity index (χ3v) is 6.92. The molecule has 0 fully saturated rings. The molecule has 0 saturated carbocycles. The SMILES string of the molecule is C=CC1=C(/C=C\C)C(N=C(c2ccccc2)c2cccc(C(=NC(C)CCC)c3ccccc3)n2)CCC1. The summed E-state index contributed by atoms with van der Waals surface area (Å²) in [6.45, 7) is 10.5. The van der Waals surface area contributed by atoms with Crippen LogP contribution in [0, 0.1) is 0 Å². The van der Waals surface area contributed by atoms with E-state index in [4.69, 9.17) is 15.0 Å². The molecule has 1 aromatic heterocycles. The summed E-state index contributed by atoms with van der Waals surface area (Å²) in [6.07, 6.45) is 11.6. The minimum absolute atomic E-state index is 0.0699. The van der Waals surface area contributed by atoms with Crippen LogP contribution < -0.4 is 0 Å². The van der Waals surface area contributed by atoms with Crippen LogP contribution in [0.4, 0.5) is 0 Å². The molecule has 1 heterocycles. The van der Waals surface area contributed by atoms with Gasteiger partial charge in [0.05, 0.1) is 28.9 Å². The Morgan fingerprint density at radius 3 is 2.18 bits per heavy atom. The van der Waals surface area contributed by atoms with Gasteiger partial charge in [-0.1, -0.05) is 105 Å². The van der Waals surface area contributed by atoms with E-state index in [1.807, 2.05) is 18.2 Å². The molecule has 0 amide bonds. The maximum Gasteiger partial charge on any atom is 0.0910 e. The highest BCUT2D eigenvalue weighted by atomic mass is 14.9. The van der Waals surface area contributed by atoms with E-state index in [2.05, 4.69) is 106 Å². The van der Waals surface area contributed by atoms with Crippen LogP contribution in [0.15, 0.2) is 125 Å². The summed E-state index contributed by atoms with van der Waals surface area (Å²) in [5, 5.41) is 0. The van der Waals surface area contributed by atoms with Gasteiger partial charge in [-0.25, -0.2) is 4.98 Å². The zero-order valence-corrected chi connectivity index (χ0v) is 23.0. The molecule has 0 saturated heterocycles. The van der Waals surface area contributed by atoms with Gasteiger partial charge in [0.25, 0.3) is 0 Å². The van der Waals surface area contributed by atoms with Crippen molar-refractivity contribution in [3.05, 3.63) is 137 Å². The first-order chi connectivity index (χ1) is 18.6. The van der Waals surface area contributed by atoms with Crippen molar-refractivity contribution in [1.29, 1.82) is 0 Å². The topological polar surface area (TPSA) is 37.6 Å². The Bertz CT molecular complexity index is 1330. The first-order valence-electron chi connectivity index (χ1n) is 13.9. The van der Waals surface area contributed by atoms with Crippen LogP contribution in [0.3, 0.4) is 0 Å². The van der Waals surface area contributed by atoms with Gasteiger partial charge in [-0.3, -0.25) is 9.98 Å². The molecule has 2 unspecified atom stereocenters. The average molecular weight is 502 g/mol. The predicted molar refractivity (Wildman–Crippen MR) is 162 cm³/mol. The molecule has 1 aliphatic carbocycles. The molecule has 3 aromatic rings. The lowest BCUT2D eigenvalue weighted by Gasteiger charge is -2.24. The zero-order valence-electron chi connectivity index (χ0n) is 23.0. The van der Waals surface area contributed by atoms with Crippen LogP contribution in [0.25, 0.3) is 0 Å². The second-order valence-corrected chi connectivity index (χ2v) is 9.83. The second-order valence-electron chi connectivity index (χ2n) is 9.83. The molecule has 4 rings (SSSR count). The lowest BCUT2D eigenvalue weighted by molar-refractivity contribution is 0.614. The molecule has 194 valence electrons. The van der Waals surface area contributed by atoms with Crippen molar-refractivity contribution in [3.63, 3.8) is 0 Å². The molecule has 0 radical (unpaired) electrons. The summed E-state index contributed by atoms with van der Waals surface area (Å²) in [7, 11) is 0. The Hall–Kier alpha value is -3.85. The number of allylic oxidation sites excluding steroid dienone is 3. The van der Waals surface area contributed by atoms with E-state index in [9.17, 15) is 0 Å². The molecule has 0 aliphatic heterocycles. The van der Waals surface area contributed by atoms with E-state index < -0.39 is 0 Å². The van der Waals surface area contributed by atoms with Gasteiger partial charge in [-0.15, -0.1) is 0 Å². The summed E-state index contributed by atoms with van der Waals surface area (Å²) in [5.74, 6) is 0. The third kappa shape index (κ3) is 6.72. The number of rotatable bonds is 10. The van der Waals surface area contributed by atoms with Gasteiger partial charge in [-0.05, 0) is 62.8 Å². The van der Waals surface area contributed by atoms with Crippen LogP contribution in [-0.4, -0.2) is 28.5 Å². The molecule has 0 spiro atoms. The maximum absolute atomic E-state index is 5.40. The Balaban J connectivity index is 1.86. The monoisotopic (exact) mass is 501 g/mol. The maximum atomic E-state index is 5.40. The second kappa shape index (κ2) is 13.6. The Kier molecular flexibility index (Phi) is 9.75. The largest absolute Gasteiger partial charge is 0.279 e. The fraction of sp³-hybridized carbons (Fsp3) is 0.286. The summed E-state index contributed by atoms with van der Waals surface area (Å²) < 4.78 is 0. The minimum atomic E-state index is 0.0699. The summed E-state index contributed by atoms with van der Waals surface area (Å²) in [4.78, 5) is 15.7. The Morgan fingerprint density at radius 1 is 0.947 bits per heavy atom. The van der Waals surface area contributed by atoms with Crippen molar-refractivity contribution >= 4 is 11.4 Å². The van der Waals surface area contributed by atoms with Crippen LogP contribution in [0.1, 0.15) is 75.4 Å². The quantitative estimate of drug-likeness (QED) is 0.256. The minimum Gasteiger partial charge on any atom is -0.279 e. The van der Waals surface area contributed by atoms with Gasteiger partial charge < -0.3 is 0 Å². The van der Waals surface area contributed by atoms with Crippen LogP contribution in [-0.2, 0) is 0 Å². The standard InChI is InChI=1S/C35H39N3/c1-5-16-26(4)36-34(28-18-10-8-11-19-28)32-24-15-25-33(37-32)35(29-20-12-9-13-21-29)38-31-23-14-22-27(7-3)30(31)17-6-2/h6-13,15,17-21,24-26,31H,3,5,14,16,22-23H2,1-2,4H3/b17-6-,36-34?,38-35?. The lowest BCUT2D eigenvalue weighted by Crippen LogP contribution is -2.19. The first-order valence-corrected chi connectivity index (χ1v) is 13.9. The Labute approximate surface area is 228 Å². The fourth-order valence-electron chi connectivity index (χ4n) is 5.08. The van der Waals surface area contributed by atoms with Crippen LogP contribution in [0.2, 0.25) is 0 Å². The number of hydrogen-bond acceptors (Lipinski definition) is 3. The highest BCUT2D eigenvalue weighted by Crippen LogP contribution is 2.30. The van der Waals surface area contributed by atoms with Crippen molar-refractivity contribution in [3.8, 4) is 0 Å². The van der Waals surface area contributed by atoms with Crippen molar-refractivity contribution in [2.24, 2.45) is 9.98 Å². The van der Waals surface area contributed by atoms with Gasteiger partial charge in [0.2, 0.25) is 0 Å². The number of pyridine rings is 1. The van der Waals surface area contributed by atoms with E-state index in [-0.39, 0.29) is 12.1 Å². The number of aromatic nitrogens is 1. The van der Waals surface area contributed by atoms with Crippen molar-refractivity contribution in [1.82, 2.24) is 4.98 Å². The molecule has 3 heteroatoms. The van der Waals surface area contributed by atoms with Gasteiger partial charge in [0.1, 0.15) is 0 Å². The molecule has 0 bridgehead atoms. The number of aliphatic imine (C=N–C) groups is 2. The molecule has 38 heavy (non-hydrogen) atoms. The summed E-state index contributed by atoms with van der Waals surface area (Å²) >= 11 is 0. The number of hydrogen-bond donors (Lipinski definition) is 0. The first kappa shape index (κ1) is 27.2. The van der Waals surface area contributed by atoms with Gasteiger partial charge in [-0.2, -0.15) is 0 Å². The smallest absolute Gasteiger partial charge is 0.0910 e. The Morgan fingerprint density at radius 2 is 1.58 bits per heavy atom. The zero-order chi connectivity index (χ0) is 26.7. The predicted octanol–water partition coefficient (Wildman–Crippen LogP) is 8.56. The van der Waals surface area contributed by atoms with Crippen molar-refractivity contribution in [2.75, 3.05) is 0 Å². The van der Waals surface area contributed by atoms with Gasteiger partial charge in [0, 0.05) is 17.2 Å². The molecular formula is C35H39N3. The highest BCUT2D eigenvalue weighted by molar-refractivity contribution is 6.14. The van der Waals surface area contributed by atoms with E-state index in [1.165, 1.54) is 11.1 Å².